The van der Waals surface area contributed by atoms with Gasteiger partial charge in [-0.15, -0.1) is 11.3 Å². The molecule has 4 heteroatoms. The van der Waals surface area contributed by atoms with Gasteiger partial charge in [-0.2, -0.15) is 0 Å². The van der Waals surface area contributed by atoms with Crippen LogP contribution in [0.3, 0.4) is 0 Å². The van der Waals surface area contributed by atoms with Gasteiger partial charge in [0, 0.05) is 22.8 Å². The minimum atomic E-state index is 0.886. The Morgan fingerprint density at radius 1 is 1.32 bits per heavy atom. The van der Waals surface area contributed by atoms with E-state index in [0.717, 1.165) is 30.9 Å². The van der Waals surface area contributed by atoms with E-state index in [9.17, 15) is 0 Å². The molecule has 0 amide bonds. The highest BCUT2D eigenvalue weighted by molar-refractivity contribution is 7.11. The molecule has 1 aliphatic rings. The number of rotatable bonds is 2. The summed E-state index contributed by atoms with van der Waals surface area (Å²) in [6.45, 7) is 8.25. The fourth-order valence-electron chi connectivity index (χ4n) is 2.58. The van der Waals surface area contributed by atoms with Gasteiger partial charge in [0.2, 0.25) is 0 Å². The third kappa shape index (κ3) is 2.21. The highest BCUT2D eigenvalue weighted by atomic mass is 32.1. The van der Waals surface area contributed by atoms with E-state index in [0.29, 0.717) is 0 Å². The first-order valence-electron chi connectivity index (χ1n) is 6.61. The fraction of sp³-hybridized carbons (Fsp3) is 0.400. The second-order valence-corrected chi connectivity index (χ2v) is 6.55. The molecule has 3 rings (SSSR count). The van der Waals surface area contributed by atoms with Crippen molar-refractivity contribution >= 4 is 22.7 Å². The molecule has 19 heavy (non-hydrogen) atoms. The number of thiazole rings is 1. The van der Waals surface area contributed by atoms with E-state index in [-0.39, 0.29) is 0 Å². The molecule has 1 aromatic heterocycles. The van der Waals surface area contributed by atoms with Gasteiger partial charge in [-0.3, -0.25) is 0 Å². The van der Waals surface area contributed by atoms with Crippen molar-refractivity contribution in [2.24, 2.45) is 0 Å². The van der Waals surface area contributed by atoms with Crippen LogP contribution in [-0.2, 0) is 13.0 Å². The molecule has 2 N–H and O–H groups in total. The third-order valence-electron chi connectivity index (χ3n) is 3.86. The average molecular weight is 273 g/mol. The van der Waals surface area contributed by atoms with Crippen molar-refractivity contribution < 1.29 is 0 Å². The largest absolute Gasteiger partial charge is 0.398 e. The Balaban J connectivity index is 1.88. The normalized spacial score (nSPS) is 13.9. The number of anilines is 2. The highest BCUT2D eigenvalue weighted by Crippen LogP contribution is 2.33. The minimum Gasteiger partial charge on any atom is -0.398 e. The van der Waals surface area contributed by atoms with Crippen LogP contribution in [0, 0.1) is 20.8 Å². The van der Waals surface area contributed by atoms with E-state index >= 15 is 0 Å². The number of nitrogen functional groups attached to an aromatic ring is 1. The van der Waals surface area contributed by atoms with Gasteiger partial charge in [0.1, 0.15) is 5.01 Å². The van der Waals surface area contributed by atoms with Crippen LogP contribution in [0.15, 0.2) is 12.1 Å². The van der Waals surface area contributed by atoms with E-state index < -0.39 is 0 Å². The molecule has 0 radical (unpaired) electrons. The molecular formula is C15H19N3S. The minimum absolute atomic E-state index is 0.886. The van der Waals surface area contributed by atoms with Gasteiger partial charge in [0.25, 0.3) is 0 Å². The van der Waals surface area contributed by atoms with Crippen LogP contribution < -0.4 is 10.6 Å². The van der Waals surface area contributed by atoms with Crippen molar-refractivity contribution in [3.63, 3.8) is 0 Å². The first-order chi connectivity index (χ1) is 9.04. The molecule has 1 aromatic carbocycles. The maximum Gasteiger partial charge on any atom is 0.112 e. The molecule has 0 saturated carbocycles. The lowest BCUT2D eigenvalue weighted by Crippen LogP contribution is -2.19. The number of aromatic nitrogens is 1. The first-order valence-corrected chi connectivity index (χ1v) is 7.43. The van der Waals surface area contributed by atoms with Crippen molar-refractivity contribution in [2.45, 2.75) is 33.7 Å². The fourth-order valence-corrected chi connectivity index (χ4v) is 3.53. The molecule has 1 aliphatic heterocycles. The van der Waals surface area contributed by atoms with E-state index in [1.165, 1.54) is 26.7 Å². The summed E-state index contributed by atoms with van der Waals surface area (Å²) in [7, 11) is 0. The number of nitrogens with two attached hydrogens (primary N) is 1. The van der Waals surface area contributed by atoms with Crippen LogP contribution in [0.2, 0.25) is 0 Å². The van der Waals surface area contributed by atoms with Crippen molar-refractivity contribution in [1.29, 1.82) is 0 Å². The lowest BCUT2D eigenvalue weighted by Gasteiger charge is -2.18. The zero-order chi connectivity index (χ0) is 13.6. The molecule has 2 heterocycles. The number of aryl methyl sites for hydroxylation is 3. The van der Waals surface area contributed by atoms with Gasteiger partial charge >= 0.3 is 0 Å². The van der Waals surface area contributed by atoms with Crippen molar-refractivity contribution in [1.82, 2.24) is 4.98 Å². The second kappa shape index (κ2) is 4.53. The van der Waals surface area contributed by atoms with Crippen molar-refractivity contribution in [3.8, 4) is 0 Å². The van der Waals surface area contributed by atoms with E-state index in [4.69, 9.17) is 5.73 Å². The smallest absolute Gasteiger partial charge is 0.112 e. The summed E-state index contributed by atoms with van der Waals surface area (Å²) < 4.78 is 0. The van der Waals surface area contributed by atoms with Gasteiger partial charge in [0.05, 0.1) is 12.2 Å². The molecule has 0 aliphatic carbocycles. The van der Waals surface area contributed by atoms with Gasteiger partial charge in [0.15, 0.2) is 0 Å². The summed E-state index contributed by atoms with van der Waals surface area (Å²) in [4.78, 5) is 8.34. The Morgan fingerprint density at radius 2 is 2.11 bits per heavy atom. The Morgan fingerprint density at radius 3 is 2.79 bits per heavy atom. The van der Waals surface area contributed by atoms with Crippen LogP contribution in [0.4, 0.5) is 11.4 Å². The molecule has 0 fully saturated rings. The molecule has 0 saturated heterocycles. The van der Waals surface area contributed by atoms with E-state index in [1.807, 2.05) is 0 Å². The SMILES string of the molecule is Cc1cc2c(cc1N)N(Cc1nc(C)c(C)s1)CC2. The number of nitrogens with zero attached hydrogens (tertiary/aromatic N) is 2. The predicted molar refractivity (Wildman–Crippen MR) is 81.9 cm³/mol. The Labute approximate surface area is 118 Å². The standard InChI is InChI=1S/C15H19N3S/c1-9-6-12-4-5-18(14(12)7-13(9)16)8-15-17-10(2)11(3)19-15/h6-7H,4-5,8,16H2,1-3H3. The number of hydrogen-bond donors (Lipinski definition) is 1. The summed E-state index contributed by atoms with van der Waals surface area (Å²) >= 11 is 1.80. The summed E-state index contributed by atoms with van der Waals surface area (Å²) in [5, 5.41) is 1.20. The van der Waals surface area contributed by atoms with E-state index in [2.05, 4.69) is 42.8 Å². The van der Waals surface area contributed by atoms with Gasteiger partial charge < -0.3 is 10.6 Å². The van der Waals surface area contributed by atoms with Gasteiger partial charge in [-0.1, -0.05) is 6.07 Å². The zero-order valence-corrected chi connectivity index (χ0v) is 12.5. The highest BCUT2D eigenvalue weighted by Gasteiger charge is 2.21. The number of benzene rings is 1. The maximum atomic E-state index is 6.04. The topological polar surface area (TPSA) is 42.1 Å². The van der Waals surface area contributed by atoms with Crippen LogP contribution in [0.5, 0.6) is 0 Å². The quantitative estimate of drug-likeness (QED) is 0.854. The predicted octanol–water partition coefficient (Wildman–Crippen LogP) is 3.21. The van der Waals surface area contributed by atoms with Gasteiger partial charge in [-0.05, 0) is 44.4 Å². The summed E-state index contributed by atoms with van der Waals surface area (Å²) in [6.07, 6.45) is 1.11. The monoisotopic (exact) mass is 273 g/mol. The van der Waals surface area contributed by atoms with Crippen LogP contribution in [-0.4, -0.2) is 11.5 Å². The van der Waals surface area contributed by atoms with Crippen molar-refractivity contribution in [2.75, 3.05) is 17.2 Å². The average Bonchev–Trinajstić information content (AvgIpc) is 2.86. The van der Waals surface area contributed by atoms with Gasteiger partial charge in [-0.25, -0.2) is 4.98 Å². The molecular weight excluding hydrogens is 254 g/mol. The zero-order valence-electron chi connectivity index (χ0n) is 11.7. The Hall–Kier alpha value is -1.55. The van der Waals surface area contributed by atoms with E-state index in [1.54, 1.807) is 11.3 Å². The van der Waals surface area contributed by atoms with Crippen LogP contribution >= 0.6 is 11.3 Å². The molecule has 3 nitrogen and oxygen atoms in total. The lowest BCUT2D eigenvalue weighted by molar-refractivity contribution is 0.827. The molecule has 2 aromatic rings. The summed E-state index contributed by atoms with van der Waals surface area (Å²) in [5.74, 6) is 0. The number of fused-ring (bicyclic) bond motifs is 1. The molecule has 100 valence electrons. The van der Waals surface area contributed by atoms with Crippen LogP contribution in [0.25, 0.3) is 0 Å². The first kappa shape index (κ1) is 12.5. The lowest BCUT2D eigenvalue weighted by atomic mass is 10.1. The number of hydrogen-bond acceptors (Lipinski definition) is 4. The summed E-state index contributed by atoms with van der Waals surface area (Å²) in [6, 6.07) is 4.34. The Bertz CT molecular complexity index is 611. The molecule has 0 atom stereocenters. The van der Waals surface area contributed by atoms with Crippen molar-refractivity contribution in [3.05, 3.63) is 38.8 Å². The molecule has 0 unspecified atom stereocenters. The van der Waals surface area contributed by atoms with Crippen LogP contribution in [0.1, 0.15) is 26.7 Å². The second-order valence-electron chi connectivity index (χ2n) is 5.26. The molecule has 0 bridgehead atoms. The summed E-state index contributed by atoms with van der Waals surface area (Å²) in [5.41, 5.74) is 12.0. The third-order valence-corrected chi connectivity index (χ3v) is 4.92. The Kier molecular flexibility index (Phi) is 2.97. The maximum absolute atomic E-state index is 6.04. The molecule has 0 spiro atoms.